The first-order chi connectivity index (χ1) is 8.58. The van der Waals surface area contributed by atoms with Crippen molar-refractivity contribution in [2.75, 3.05) is 13.1 Å². The average molecular weight is 285 g/mol. The van der Waals surface area contributed by atoms with E-state index in [1.54, 1.807) is 6.92 Å². The Morgan fingerprint density at radius 3 is 2.83 bits per heavy atom. The van der Waals surface area contributed by atoms with Gasteiger partial charge in [-0.15, -0.1) is 0 Å². The summed E-state index contributed by atoms with van der Waals surface area (Å²) < 4.78 is 5.75. The van der Waals surface area contributed by atoms with E-state index in [4.69, 9.17) is 16.6 Å². The monoisotopic (exact) mass is 285 g/mol. The molecule has 1 aliphatic heterocycles. The number of likely N-dealkylation sites (tertiary alicyclic amines) is 1. The van der Waals surface area contributed by atoms with Gasteiger partial charge in [0.25, 0.3) is 0 Å². The molecule has 98 valence electrons. The van der Waals surface area contributed by atoms with Crippen molar-refractivity contribution in [3.8, 4) is 5.75 Å². The fourth-order valence-corrected chi connectivity index (χ4v) is 3.14. The third-order valence-corrected chi connectivity index (χ3v) is 4.40. The number of thiocarbonyl (C=S) groups is 1. The van der Waals surface area contributed by atoms with Gasteiger partial charge in [0.2, 0.25) is 0 Å². The van der Waals surface area contributed by atoms with Crippen molar-refractivity contribution in [2.24, 2.45) is 0 Å². The molecule has 1 saturated heterocycles. The van der Waals surface area contributed by atoms with Crippen LogP contribution in [0.1, 0.15) is 24.2 Å². The summed E-state index contributed by atoms with van der Waals surface area (Å²) in [6.07, 6.45) is 2.33. The molecule has 6 heteroatoms. The smallest absolute Gasteiger partial charge is 0.343 e. The van der Waals surface area contributed by atoms with Gasteiger partial charge in [0.05, 0.1) is 5.56 Å². The number of hydrogen-bond acceptors (Lipinski definition) is 5. The lowest BCUT2D eigenvalue weighted by atomic mass is 10.3. The highest BCUT2D eigenvalue weighted by molar-refractivity contribution is 8.22. The summed E-state index contributed by atoms with van der Waals surface area (Å²) in [6, 6.07) is 1.45. The number of rotatable bonds is 2. The van der Waals surface area contributed by atoms with Gasteiger partial charge in [-0.2, -0.15) is 0 Å². The lowest BCUT2D eigenvalue weighted by Gasteiger charge is -2.17. The SMILES string of the molecule is Cc1cc(O)c(CSC(=S)N2CCCC2)c(=O)o1. The van der Waals surface area contributed by atoms with E-state index < -0.39 is 5.63 Å². The van der Waals surface area contributed by atoms with Crippen molar-refractivity contribution in [2.45, 2.75) is 25.5 Å². The highest BCUT2D eigenvalue weighted by atomic mass is 32.2. The minimum atomic E-state index is -0.482. The normalized spacial score (nSPS) is 15.1. The Hall–Kier alpha value is -1.01. The first-order valence-electron chi connectivity index (χ1n) is 5.82. The second-order valence-electron chi connectivity index (χ2n) is 4.26. The average Bonchev–Trinajstić information content (AvgIpc) is 2.80. The lowest BCUT2D eigenvalue weighted by molar-refractivity contribution is 0.426. The van der Waals surface area contributed by atoms with E-state index >= 15 is 0 Å². The number of aromatic hydroxyl groups is 1. The van der Waals surface area contributed by atoms with Crippen LogP contribution in [-0.4, -0.2) is 27.4 Å². The van der Waals surface area contributed by atoms with Gasteiger partial charge < -0.3 is 14.4 Å². The second-order valence-corrected chi connectivity index (χ2v) is 5.87. The van der Waals surface area contributed by atoms with Gasteiger partial charge in [0.1, 0.15) is 15.8 Å². The predicted molar refractivity (Wildman–Crippen MR) is 76.1 cm³/mol. The lowest BCUT2D eigenvalue weighted by Crippen LogP contribution is -2.23. The Labute approximate surface area is 115 Å². The topological polar surface area (TPSA) is 53.7 Å². The highest BCUT2D eigenvalue weighted by Gasteiger charge is 2.17. The van der Waals surface area contributed by atoms with Gasteiger partial charge in [-0.25, -0.2) is 4.79 Å². The molecule has 0 aromatic carbocycles. The van der Waals surface area contributed by atoms with Crippen LogP contribution in [0, 0.1) is 6.92 Å². The van der Waals surface area contributed by atoms with Crippen LogP contribution in [0.2, 0.25) is 0 Å². The standard InChI is InChI=1S/C12H15NO3S2/c1-8-6-10(14)9(11(15)16-8)7-18-12(17)13-4-2-3-5-13/h6,14H,2-5,7H2,1H3. The molecule has 1 N–H and O–H groups in total. The summed E-state index contributed by atoms with van der Waals surface area (Å²) in [6.45, 7) is 3.60. The molecular weight excluding hydrogens is 270 g/mol. The van der Waals surface area contributed by atoms with Crippen LogP contribution in [0.4, 0.5) is 0 Å². The molecule has 1 aromatic rings. The van der Waals surface area contributed by atoms with E-state index in [9.17, 15) is 9.90 Å². The largest absolute Gasteiger partial charge is 0.507 e. The number of nitrogens with zero attached hydrogens (tertiary/aromatic N) is 1. The van der Waals surface area contributed by atoms with Crippen LogP contribution >= 0.6 is 24.0 Å². The van der Waals surface area contributed by atoms with E-state index in [0.717, 1.165) is 17.4 Å². The Morgan fingerprint density at radius 2 is 2.22 bits per heavy atom. The summed E-state index contributed by atoms with van der Waals surface area (Å²) in [4.78, 5) is 13.7. The summed E-state index contributed by atoms with van der Waals surface area (Å²) in [5.41, 5.74) is -0.198. The summed E-state index contributed by atoms with van der Waals surface area (Å²) in [5.74, 6) is 0.748. The Balaban J connectivity index is 2.02. The van der Waals surface area contributed by atoms with Crippen molar-refractivity contribution in [3.05, 3.63) is 27.8 Å². The molecule has 1 aliphatic rings. The van der Waals surface area contributed by atoms with Crippen LogP contribution in [0.25, 0.3) is 0 Å². The van der Waals surface area contributed by atoms with Gasteiger partial charge in [-0.1, -0.05) is 24.0 Å². The van der Waals surface area contributed by atoms with Gasteiger partial charge in [-0.3, -0.25) is 0 Å². The van der Waals surface area contributed by atoms with Crippen LogP contribution in [0.3, 0.4) is 0 Å². The van der Waals surface area contributed by atoms with Crippen molar-refractivity contribution in [3.63, 3.8) is 0 Å². The van der Waals surface area contributed by atoms with E-state index in [0.29, 0.717) is 11.5 Å². The van der Waals surface area contributed by atoms with E-state index in [2.05, 4.69) is 4.90 Å². The zero-order valence-corrected chi connectivity index (χ0v) is 11.8. The molecule has 0 aliphatic carbocycles. The molecule has 2 heterocycles. The molecule has 0 bridgehead atoms. The molecule has 0 saturated carbocycles. The number of thioether (sulfide) groups is 1. The van der Waals surface area contributed by atoms with Crippen molar-refractivity contribution in [1.82, 2.24) is 4.90 Å². The molecular formula is C12H15NO3S2. The Kier molecular flexibility index (Phi) is 4.29. The third kappa shape index (κ3) is 3.05. The molecule has 2 rings (SSSR count). The Morgan fingerprint density at radius 1 is 1.56 bits per heavy atom. The zero-order valence-electron chi connectivity index (χ0n) is 10.1. The van der Waals surface area contributed by atoms with E-state index in [1.807, 2.05) is 0 Å². The molecule has 0 atom stereocenters. The minimum Gasteiger partial charge on any atom is -0.507 e. The quantitative estimate of drug-likeness (QED) is 0.841. The summed E-state index contributed by atoms with van der Waals surface area (Å²) >= 11 is 6.70. The van der Waals surface area contributed by atoms with Crippen LogP contribution in [-0.2, 0) is 5.75 Å². The van der Waals surface area contributed by atoms with Gasteiger partial charge >= 0.3 is 5.63 Å². The molecule has 18 heavy (non-hydrogen) atoms. The van der Waals surface area contributed by atoms with Crippen LogP contribution < -0.4 is 5.63 Å². The van der Waals surface area contributed by atoms with Gasteiger partial charge in [-0.05, 0) is 19.8 Å². The summed E-state index contributed by atoms with van der Waals surface area (Å²) in [5, 5.41) is 9.72. The van der Waals surface area contributed by atoms with E-state index in [1.165, 1.54) is 30.7 Å². The zero-order chi connectivity index (χ0) is 13.1. The first kappa shape index (κ1) is 13.4. The minimum absolute atomic E-state index is 0.0135. The summed E-state index contributed by atoms with van der Waals surface area (Å²) in [7, 11) is 0. The maximum absolute atomic E-state index is 11.6. The second kappa shape index (κ2) is 5.75. The van der Waals surface area contributed by atoms with Crippen molar-refractivity contribution in [1.29, 1.82) is 0 Å². The molecule has 4 nitrogen and oxygen atoms in total. The maximum Gasteiger partial charge on any atom is 0.343 e. The molecule has 1 fully saturated rings. The van der Waals surface area contributed by atoms with Crippen molar-refractivity contribution < 1.29 is 9.52 Å². The molecule has 1 aromatic heterocycles. The maximum atomic E-state index is 11.6. The molecule has 0 amide bonds. The molecule has 0 radical (unpaired) electrons. The number of hydrogen-bond donors (Lipinski definition) is 1. The third-order valence-electron chi connectivity index (χ3n) is 2.85. The first-order valence-corrected chi connectivity index (χ1v) is 7.21. The van der Waals surface area contributed by atoms with E-state index in [-0.39, 0.29) is 11.3 Å². The fraction of sp³-hybridized carbons (Fsp3) is 0.500. The number of aryl methyl sites for hydroxylation is 1. The van der Waals surface area contributed by atoms with Gasteiger partial charge in [0.15, 0.2) is 0 Å². The Bertz CT molecular complexity index is 507. The molecule has 0 spiro atoms. The van der Waals surface area contributed by atoms with Crippen LogP contribution in [0.15, 0.2) is 15.3 Å². The van der Waals surface area contributed by atoms with Crippen molar-refractivity contribution >= 4 is 28.3 Å². The molecule has 0 unspecified atom stereocenters. The van der Waals surface area contributed by atoms with Crippen LogP contribution in [0.5, 0.6) is 5.75 Å². The van der Waals surface area contributed by atoms with Gasteiger partial charge in [0, 0.05) is 24.9 Å². The highest BCUT2D eigenvalue weighted by Crippen LogP contribution is 2.23. The predicted octanol–water partition coefficient (Wildman–Crippen LogP) is 2.27. The fourth-order valence-electron chi connectivity index (χ4n) is 1.88.